The van der Waals surface area contributed by atoms with Gasteiger partial charge in [0.05, 0.1) is 0 Å². The van der Waals surface area contributed by atoms with Gasteiger partial charge in [-0.05, 0) is 0 Å². The van der Waals surface area contributed by atoms with Gasteiger partial charge in [-0.3, -0.25) is 7.32 Å². The molecule has 0 radical (unpaired) electrons. The molecule has 0 amide bonds. The molecule has 0 saturated heterocycles. The van der Waals surface area contributed by atoms with Crippen LogP contribution in [0.25, 0.3) is 0 Å². The van der Waals surface area contributed by atoms with Crippen molar-refractivity contribution >= 4 is 164 Å². The third kappa shape index (κ3) is 43.6. The number of hydrogen-bond donors (Lipinski definition) is 0. The Labute approximate surface area is 173 Å². The van der Waals surface area contributed by atoms with Gasteiger partial charge >= 0.3 is 147 Å². The normalized spacial score (nSPS) is 3.38. The van der Waals surface area contributed by atoms with Gasteiger partial charge in [0, 0.05) is 0 Å². The Kier molecular flexibility index (Phi) is 83.0. The Balaban J connectivity index is -0.00000000750. The zero-order chi connectivity index (χ0) is 3.58. The Bertz CT molecular complexity index is 19.2. The van der Waals surface area contributed by atoms with Crippen LogP contribution in [-0.2, 0) is 0 Å². The van der Waals surface area contributed by atoms with Crippen molar-refractivity contribution in [2.75, 3.05) is 0 Å². The summed E-state index contributed by atoms with van der Waals surface area (Å²) in [4.78, 5) is 0. The minimum Gasteiger partial charge on any atom is -3.00 e. The van der Waals surface area contributed by atoms with Gasteiger partial charge in [0.1, 0.15) is 0 Å². The summed E-state index contributed by atoms with van der Waals surface area (Å²) >= 11 is 0. The third-order valence-electron chi connectivity index (χ3n) is 0. The van der Waals surface area contributed by atoms with Crippen LogP contribution in [0.1, 0.15) is 0 Å². The van der Waals surface area contributed by atoms with Crippen LogP contribution in [0.4, 0.5) is 0 Å². The van der Waals surface area contributed by atoms with Gasteiger partial charge in [-0.25, -0.2) is 0 Å². The fraction of sp³-hybridized carbons (Fsp3) is 0. The summed E-state index contributed by atoms with van der Waals surface area (Å²) in [5.74, 6) is 0. The zero-order valence-electron chi connectivity index (χ0n) is 4.37. The molecular formula is BBa3O3P. The maximum atomic E-state index is 8.42. The van der Waals surface area contributed by atoms with Crippen molar-refractivity contribution in [2.24, 2.45) is 0 Å². The Morgan fingerprint density at radius 1 is 0.750 bits per heavy atom. The molecule has 0 aliphatic heterocycles. The predicted octanol–water partition coefficient (Wildman–Crippen LogP) is -4.23. The molecule has 0 atom stereocenters. The summed E-state index contributed by atoms with van der Waals surface area (Å²) in [5.41, 5.74) is 0. The summed E-state index contributed by atoms with van der Waals surface area (Å²) in [6, 6.07) is 0. The molecule has 8 heavy (non-hydrogen) atoms. The van der Waals surface area contributed by atoms with Crippen LogP contribution in [0.5, 0.6) is 0 Å². The van der Waals surface area contributed by atoms with Gasteiger partial charge in [-0.15, -0.1) is 0 Å². The van der Waals surface area contributed by atoms with Crippen LogP contribution in [0, 0.1) is 0 Å². The molecule has 32 valence electrons. The van der Waals surface area contributed by atoms with E-state index in [1.807, 2.05) is 0 Å². The van der Waals surface area contributed by atoms with Crippen LogP contribution in [0.15, 0.2) is 0 Å². The fourth-order valence-electron chi connectivity index (χ4n) is 0. The minimum atomic E-state index is -2.92. The van der Waals surface area contributed by atoms with E-state index in [-0.39, 0.29) is 157 Å². The molecule has 0 aliphatic rings. The quantitative estimate of drug-likeness (QED) is 0.250. The fourth-order valence-corrected chi connectivity index (χ4v) is 0. The first-order chi connectivity index (χ1) is 1.73. The van der Waals surface area contributed by atoms with E-state index in [1.54, 1.807) is 0 Å². The second kappa shape index (κ2) is 22.7. The molecular weight excluding hydrogens is 502 g/mol. The van der Waals surface area contributed by atoms with Gasteiger partial charge in [-0.2, -0.15) is 0 Å². The van der Waals surface area contributed by atoms with Gasteiger partial charge in [0.15, 0.2) is 0 Å². The van der Waals surface area contributed by atoms with E-state index >= 15 is 0 Å². The standard InChI is InChI=1S/BO3.3Ba.P/c2-1(3)4;;;;/q-3;3*+2;-3. The average molecular weight is 502 g/mol. The van der Waals surface area contributed by atoms with Gasteiger partial charge in [-0.1, -0.05) is 0 Å². The van der Waals surface area contributed by atoms with Crippen LogP contribution in [0.3, 0.4) is 0 Å². The largest absolute Gasteiger partial charge is 3.00 e. The summed E-state index contributed by atoms with van der Waals surface area (Å²) in [6.45, 7) is 0. The van der Waals surface area contributed by atoms with E-state index in [2.05, 4.69) is 0 Å². The minimum absolute atomic E-state index is 0. The Hall–Kier alpha value is 5.09. The molecule has 0 heterocycles. The van der Waals surface area contributed by atoms with Crippen molar-refractivity contribution in [3.63, 3.8) is 0 Å². The first kappa shape index (κ1) is 29.2. The number of hydrogen-bond acceptors (Lipinski definition) is 3. The van der Waals surface area contributed by atoms with Crippen molar-refractivity contribution in [1.29, 1.82) is 0 Å². The molecule has 0 saturated carbocycles. The first-order valence-electron chi connectivity index (χ1n) is 0.707. The average Bonchev–Trinajstić information content (AvgIpc) is 0.811. The molecule has 0 aliphatic carbocycles. The predicted molar refractivity (Wildman–Crippen MR) is 29.9 cm³/mol. The Morgan fingerprint density at radius 2 is 0.750 bits per heavy atom. The zero-order valence-corrected chi connectivity index (χ0v) is 18.6. The van der Waals surface area contributed by atoms with E-state index in [1.165, 1.54) is 0 Å². The first-order valence-corrected chi connectivity index (χ1v) is 0.707. The maximum Gasteiger partial charge on any atom is 2.00 e. The second-order valence-electron chi connectivity index (χ2n) is 0.289. The van der Waals surface area contributed by atoms with Crippen molar-refractivity contribution in [3.8, 4) is 0 Å². The molecule has 0 rings (SSSR count). The molecule has 0 fully saturated rings. The van der Waals surface area contributed by atoms with E-state index in [0.717, 1.165) is 0 Å². The van der Waals surface area contributed by atoms with Gasteiger partial charge in [0.25, 0.3) is 0 Å². The van der Waals surface area contributed by atoms with Crippen molar-refractivity contribution in [2.45, 2.75) is 0 Å². The summed E-state index contributed by atoms with van der Waals surface area (Å²) in [5, 5.41) is 25.2. The molecule has 8 heteroatoms. The van der Waals surface area contributed by atoms with E-state index in [9.17, 15) is 0 Å². The van der Waals surface area contributed by atoms with E-state index in [4.69, 9.17) is 15.1 Å². The van der Waals surface area contributed by atoms with Gasteiger partial charge in [0.2, 0.25) is 0 Å². The summed E-state index contributed by atoms with van der Waals surface area (Å²) < 4.78 is 0. The Morgan fingerprint density at radius 3 is 0.750 bits per heavy atom. The summed E-state index contributed by atoms with van der Waals surface area (Å²) in [6.07, 6.45) is 0. The van der Waals surface area contributed by atoms with E-state index in [0.29, 0.717) is 0 Å². The van der Waals surface area contributed by atoms with Crippen molar-refractivity contribution in [1.82, 2.24) is 0 Å². The SMILES string of the molecule is [Ba+2].[Ba+2].[Ba+2].[O-]B([O-])[O-].[P-3]. The van der Waals surface area contributed by atoms with Crippen LogP contribution in [-0.4, -0.2) is 154 Å². The molecule has 0 aromatic heterocycles. The van der Waals surface area contributed by atoms with Crippen molar-refractivity contribution < 1.29 is 15.1 Å². The van der Waals surface area contributed by atoms with Crippen LogP contribution in [0.2, 0.25) is 0 Å². The molecule has 0 bridgehead atoms. The molecule has 3 nitrogen and oxygen atoms in total. The molecule has 0 aromatic rings. The van der Waals surface area contributed by atoms with Crippen LogP contribution >= 0.6 is 9.90 Å². The van der Waals surface area contributed by atoms with Crippen molar-refractivity contribution in [3.05, 3.63) is 0 Å². The van der Waals surface area contributed by atoms with Crippen LogP contribution < -0.4 is 15.1 Å². The maximum absolute atomic E-state index is 8.42. The topological polar surface area (TPSA) is 69.2 Å². The smallest absolute Gasteiger partial charge is 2.00 e. The second-order valence-corrected chi connectivity index (χ2v) is 0.289. The molecule has 0 unspecified atom stereocenters. The molecule has 0 aromatic carbocycles. The third-order valence-corrected chi connectivity index (χ3v) is 0. The summed E-state index contributed by atoms with van der Waals surface area (Å²) in [7, 11) is -2.92. The number of rotatable bonds is 0. The molecule has 0 N–H and O–H groups in total. The monoisotopic (exact) mass is 504 g/mol. The molecule has 0 spiro atoms. The van der Waals surface area contributed by atoms with Gasteiger partial charge < -0.3 is 25.0 Å². The van der Waals surface area contributed by atoms with E-state index < -0.39 is 7.32 Å².